The zero-order valence-electron chi connectivity index (χ0n) is 11.0. The van der Waals surface area contributed by atoms with Gasteiger partial charge in [0.15, 0.2) is 0 Å². The van der Waals surface area contributed by atoms with Crippen molar-refractivity contribution in [3.05, 3.63) is 23.9 Å². The fourth-order valence-electron chi connectivity index (χ4n) is 1.30. The summed E-state index contributed by atoms with van der Waals surface area (Å²) in [6.45, 7) is 2.65. The first kappa shape index (κ1) is 14.7. The number of hydrogen-bond donors (Lipinski definition) is 3. The highest BCUT2D eigenvalue weighted by Gasteiger charge is 2.04. The van der Waals surface area contributed by atoms with Crippen molar-refractivity contribution >= 4 is 11.9 Å². The van der Waals surface area contributed by atoms with E-state index in [1.807, 2.05) is 6.92 Å². The summed E-state index contributed by atoms with van der Waals surface area (Å²) < 4.78 is 4.93. The van der Waals surface area contributed by atoms with Gasteiger partial charge < -0.3 is 20.7 Å². The number of rotatable bonds is 6. The van der Waals surface area contributed by atoms with Gasteiger partial charge in [0.05, 0.1) is 13.7 Å². The predicted molar refractivity (Wildman–Crippen MR) is 69.7 cm³/mol. The summed E-state index contributed by atoms with van der Waals surface area (Å²) in [7, 11) is 1.54. The fourth-order valence-corrected chi connectivity index (χ4v) is 1.30. The van der Waals surface area contributed by atoms with Gasteiger partial charge in [0.1, 0.15) is 0 Å². The van der Waals surface area contributed by atoms with Crippen LogP contribution in [0.5, 0.6) is 5.88 Å². The third-order valence-electron chi connectivity index (χ3n) is 2.24. The number of likely N-dealkylation sites (N-methyl/N-ethyl adjacent to an activating group) is 1. The molecule has 0 unspecified atom stereocenters. The maximum absolute atomic E-state index is 11.4. The van der Waals surface area contributed by atoms with Gasteiger partial charge in [-0.05, 0) is 12.5 Å². The number of carbonyl (C=O) groups excluding carboxylic acids is 2. The summed E-state index contributed by atoms with van der Waals surface area (Å²) in [5.41, 5.74) is 0.842. The van der Waals surface area contributed by atoms with Crippen molar-refractivity contribution in [1.29, 1.82) is 0 Å². The smallest absolute Gasteiger partial charge is 0.315 e. The first-order chi connectivity index (χ1) is 9.15. The highest BCUT2D eigenvalue weighted by atomic mass is 16.5. The van der Waals surface area contributed by atoms with Crippen LogP contribution in [0, 0.1) is 0 Å². The highest BCUT2D eigenvalue weighted by molar-refractivity contribution is 5.83. The molecule has 0 saturated carbocycles. The lowest BCUT2D eigenvalue weighted by atomic mass is 10.3. The van der Waals surface area contributed by atoms with E-state index in [1.165, 1.54) is 7.11 Å². The standard InChI is InChI=1S/C12H18N4O3/c1-3-13-10(17)8-16-12(18)15-7-9-4-5-11(19-2)14-6-9/h4-6H,3,7-8H2,1-2H3,(H,13,17)(H2,15,16,18). The number of hydrogen-bond acceptors (Lipinski definition) is 4. The molecule has 1 aromatic heterocycles. The molecule has 1 aromatic rings. The van der Waals surface area contributed by atoms with Gasteiger partial charge in [0.25, 0.3) is 0 Å². The Morgan fingerprint density at radius 1 is 1.26 bits per heavy atom. The van der Waals surface area contributed by atoms with E-state index >= 15 is 0 Å². The molecule has 0 aliphatic heterocycles. The van der Waals surface area contributed by atoms with E-state index in [9.17, 15) is 9.59 Å². The molecule has 0 fully saturated rings. The first-order valence-corrected chi connectivity index (χ1v) is 5.93. The summed E-state index contributed by atoms with van der Waals surface area (Å²) in [6, 6.07) is 3.11. The molecule has 0 aromatic carbocycles. The van der Waals surface area contributed by atoms with Crippen molar-refractivity contribution in [3.8, 4) is 5.88 Å². The monoisotopic (exact) mass is 266 g/mol. The quantitative estimate of drug-likeness (QED) is 0.677. The fraction of sp³-hybridized carbons (Fsp3) is 0.417. The van der Waals surface area contributed by atoms with Crippen LogP contribution in [-0.2, 0) is 11.3 Å². The van der Waals surface area contributed by atoms with E-state index in [0.29, 0.717) is 19.0 Å². The molecule has 0 aliphatic carbocycles. The minimum absolute atomic E-state index is 0.0411. The molecule has 0 spiro atoms. The number of ether oxygens (including phenoxy) is 1. The van der Waals surface area contributed by atoms with Crippen molar-refractivity contribution in [1.82, 2.24) is 20.9 Å². The van der Waals surface area contributed by atoms with E-state index in [4.69, 9.17) is 4.74 Å². The van der Waals surface area contributed by atoms with Gasteiger partial charge >= 0.3 is 6.03 Å². The van der Waals surface area contributed by atoms with Crippen molar-refractivity contribution in [2.24, 2.45) is 0 Å². The van der Waals surface area contributed by atoms with E-state index in [2.05, 4.69) is 20.9 Å². The van der Waals surface area contributed by atoms with Crippen LogP contribution in [0.2, 0.25) is 0 Å². The zero-order valence-corrected chi connectivity index (χ0v) is 11.0. The number of nitrogens with one attached hydrogen (secondary N) is 3. The molecular weight excluding hydrogens is 248 g/mol. The lowest BCUT2D eigenvalue weighted by molar-refractivity contribution is -0.119. The van der Waals surface area contributed by atoms with Crippen LogP contribution in [0.3, 0.4) is 0 Å². The van der Waals surface area contributed by atoms with Gasteiger partial charge in [-0.1, -0.05) is 6.07 Å². The number of pyridine rings is 1. The van der Waals surface area contributed by atoms with Crippen LogP contribution < -0.4 is 20.7 Å². The molecule has 19 heavy (non-hydrogen) atoms. The van der Waals surface area contributed by atoms with Gasteiger partial charge in [-0.15, -0.1) is 0 Å². The third kappa shape index (κ3) is 5.71. The Balaban J connectivity index is 2.27. The maximum atomic E-state index is 11.4. The molecule has 7 heteroatoms. The molecular formula is C12H18N4O3. The molecule has 1 rings (SSSR count). The summed E-state index contributed by atoms with van der Waals surface area (Å²) in [4.78, 5) is 26.5. The largest absolute Gasteiger partial charge is 0.481 e. The van der Waals surface area contributed by atoms with Gasteiger partial charge in [-0.2, -0.15) is 0 Å². The van der Waals surface area contributed by atoms with Gasteiger partial charge in [0, 0.05) is 25.4 Å². The number of urea groups is 1. The summed E-state index contributed by atoms with van der Waals surface area (Å²) in [5.74, 6) is 0.299. The number of nitrogens with zero attached hydrogens (tertiary/aromatic N) is 1. The number of methoxy groups -OCH3 is 1. The minimum Gasteiger partial charge on any atom is -0.481 e. The highest BCUT2D eigenvalue weighted by Crippen LogP contribution is 2.05. The molecule has 3 N–H and O–H groups in total. The number of carbonyl (C=O) groups is 2. The van der Waals surface area contributed by atoms with E-state index in [-0.39, 0.29) is 12.5 Å². The summed E-state index contributed by atoms with van der Waals surface area (Å²) >= 11 is 0. The maximum Gasteiger partial charge on any atom is 0.315 e. The second kappa shape index (κ2) is 7.91. The Kier molecular flexibility index (Phi) is 6.14. The van der Waals surface area contributed by atoms with Crippen molar-refractivity contribution in [2.75, 3.05) is 20.2 Å². The second-order valence-electron chi connectivity index (χ2n) is 3.70. The first-order valence-electron chi connectivity index (χ1n) is 5.93. The second-order valence-corrected chi connectivity index (χ2v) is 3.70. The van der Waals surface area contributed by atoms with Gasteiger partial charge in [-0.25, -0.2) is 9.78 Å². The molecule has 104 valence electrons. The molecule has 7 nitrogen and oxygen atoms in total. The van der Waals surface area contributed by atoms with Gasteiger partial charge in [0.2, 0.25) is 11.8 Å². The van der Waals surface area contributed by atoms with Gasteiger partial charge in [-0.3, -0.25) is 4.79 Å². The molecule has 0 aliphatic rings. The zero-order chi connectivity index (χ0) is 14.1. The lowest BCUT2D eigenvalue weighted by Gasteiger charge is -2.07. The van der Waals surface area contributed by atoms with Crippen molar-refractivity contribution in [3.63, 3.8) is 0 Å². The van der Waals surface area contributed by atoms with Crippen LogP contribution in [0.15, 0.2) is 18.3 Å². The normalized spacial score (nSPS) is 9.58. The van der Waals surface area contributed by atoms with E-state index in [1.54, 1.807) is 18.3 Å². The molecule has 0 bridgehead atoms. The minimum atomic E-state index is -0.401. The lowest BCUT2D eigenvalue weighted by Crippen LogP contribution is -2.41. The summed E-state index contributed by atoms with van der Waals surface area (Å²) in [5, 5.41) is 7.66. The molecule has 0 radical (unpaired) electrons. The summed E-state index contributed by atoms with van der Waals surface area (Å²) in [6.07, 6.45) is 1.61. The Hall–Kier alpha value is -2.31. The van der Waals surface area contributed by atoms with E-state index in [0.717, 1.165) is 5.56 Å². The topological polar surface area (TPSA) is 92.4 Å². The Morgan fingerprint density at radius 2 is 2.05 bits per heavy atom. The van der Waals surface area contributed by atoms with E-state index < -0.39 is 6.03 Å². The number of aromatic nitrogens is 1. The Bertz CT molecular complexity index is 419. The molecule has 3 amide bonds. The molecule has 0 saturated heterocycles. The average Bonchev–Trinajstić information content (AvgIpc) is 2.44. The van der Waals surface area contributed by atoms with Crippen LogP contribution in [-0.4, -0.2) is 37.1 Å². The Morgan fingerprint density at radius 3 is 2.63 bits per heavy atom. The van der Waals surface area contributed by atoms with Crippen molar-refractivity contribution in [2.45, 2.75) is 13.5 Å². The van der Waals surface area contributed by atoms with Crippen LogP contribution in [0.1, 0.15) is 12.5 Å². The average molecular weight is 266 g/mol. The SMILES string of the molecule is CCNC(=O)CNC(=O)NCc1ccc(OC)nc1. The Labute approximate surface area is 111 Å². The molecule has 1 heterocycles. The van der Waals surface area contributed by atoms with Crippen LogP contribution in [0.25, 0.3) is 0 Å². The van der Waals surface area contributed by atoms with Crippen LogP contribution >= 0.6 is 0 Å². The van der Waals surface area contributed by atoms with Crippen LogP contribution in [0.4, 0.5) is 4.79 Å². The number of amides is 3. The predicted octanol–water partition coefficient (Wildman–Crippen LogP) is 0.0255. The van der Waals surface area contributed by atoms with Crippen molar-refractivity contribution < 1.29 is 14.3 Å². The molecule has 0 atom stereocenters. The third-order valence-corrected chi connectivity index (χ3v) is 2.24.